The van der Waals surface area contributed by atoms with E-state index in [0.717, 1.165) is 44.4 Å². The lowest BCUT2D eigenvalue weighted by Crippen LogP contribution is -2.41. The Kier molecular flexibility index (Phi) is 3.92. The van der Waals surface area contributed by atoms with Gasteiger partial charge >= 0.3 is 5.97 Å². The second kappa shape index (κ2) is 5.83. The third kappa shape index (κ3) is 2.96. The molecule has 1 fully saturated rings. The monoisotopic (exact) mass is 275 g/mol. The number of nitrogens with one attached hydrogen (secondary N) is 1. The van der Waals surface area contributed by atoms with Crippen LogP contribution in [0.1, 0.15) is 31.2 Å². The summed E-state index contributed by atoms with van der Waals surface area (Å²) in [7, 11) is 0. The Hall–Kier alpha value is -1.55. The predicted molar refractivity (Wildman–Crippen MR) is 75.9 cm³/mol. The van der Waals surface area contributed by atoms with Gasteiger partial charge in [-0.25, -0.2) is 0 Å². The Morgan fingerprint density at radius 1 is 1.35 bits per heavy atom. The number of rotatable bonds is 4. The highest BCUT2D eigenvalue weighted by Gasteiger charge is 2.28. The minimum absolute atomic E-state index is 0.178. The Labute approximate surface area is 119 Å². The van der Waals surface area contributed by atoms with Crippen LogP contribution in [-0.4, -0.2) is 29.8 Å². The first-order valence-corrected chi connectivity index (χ1v) is 7.43. The lowest BCUT2D eigenvalue weighted by atomic mass is 9.86. The second-order valence-corrected chi connectivity index (χ2v) is 5.86. The second-order valence-electron chi connectivity index (χ2n) is 5.86. The highest BCUT2D eigenvalue weighted by molar-refractivity contribution is 5.70. The average Bonchev–Trinajstić information content (AvgIpc) is 2.88. The molecule has 4 nitrogen and oxygen atoms in total. The smallest absolute Gasteiger partial charge is 0.306 e. The van der Waals surface area contributed by atoms with Crippen LogP contribution in [0.4, 0.5) is 0 Å². The first-order valence-electron chi connectivity index (χ1n) is 7.43. The molecule has 1 heterocycles. The van der Waals surface area contributed by atoms with Crippen LogP contribution in [0.25, 0.3) is 0 Å². The highest BCUT2D eigenvalue weighted by Crippen LogP contribution is 2.28. The molecule has 20 heavy (non-hydrogen) atoms. The molecule has 0 aromatic heterocycles. The summed E-state index contributed by atoms with van der Waals surface area (Å²) in [5.41, 5.74) is 1.27. The maximum Gasteiger partial charge on any atom is 0.306 e. The van der Waals surface area contributed by atoms with Crippen molar-refractivity contribution < 1.29 is 14.6 Å². The Bertz CT molecular complexity index is 463. The van der Waals surface area contributed by atoms with Gasteiger partial charge in [-0.1, -0.05) is 24.6 Å². The van der Waals surface area contributed by atoms with Gasteiger partial charge in [-0.2, -0.15) is 0 Å². The molecule has 2 aliphatic rings. The van der Waals surface area contributed by atoms with Crippen molar-refractivity contribution in [3.05, 3.63) is 29.8 Å². The van der Waals surface area contributed by atoms with Crippen molar-refractivity contribution in [2.24, 2.45) is 5.92 Å². The molecule has 1 aliphatic heterocycles. The standard InChI is InChI=1S/C16H21NO3/c18-16(19)12-5-3-6-13(8-12)17-10-14-9-11-4-1-2-7-15(11)20-14/h1-2,4,7,12-14,17H,3,5-6,8-10H2,(H,18,19). The molecular formula is C16H21NO3. The van der Waals surface area contributed by atoms with E-state index in [1.807, 2.05) is 18.2 Å². The molecule has 3 rings (SSSR count). The van der Waals surface area contributed by atoms with E-state index in [1.165, 1.54) is 5.56 Å². The van der Waals surface area contributed by atoms with Gasteiger partial charge < -0.3 is 15.2 Å². The van der Waals surface area contributed by atoms with Gasteiger partial charge in [0, 0.05) is 19.0 Å². The zero-order chi connectivity index (χ0) is 13.9. The minimum Gasteiger partial charge on any atom is -0.488 e. The van der Waals surface area contributed by atoms with Gasteiger partial charge in [-0.3, -0.25) is 4.79 Å². The summed E-state index contributed by atoms with van der Waals surface area (Å²) < 4.78 is 5.89. The molecule has 1 aromatic rings. The number of ether oxygens (including phenoxy) is 1. The number of aliphatic carboxylic acids is 1. The number of carboxylic acid groups (broad SMARTS) is 1. The van der Waals surface area contributed by atoms with E-state index in [4.69, 9.17) is 9.84 Å². The molecule has 1 aliphatic carbocycles. The summed E-state index contributed by atoms with van der Waals surface area (Å²) in [6.07, 6.45) is 4.76. The SMILES string of the molecule is O=C(O)C1CCCC(NCC2Cc3ccccc3O2)C1. The van der Waals surface area contributed by atoms with Gasteiger partial charge in [0.05, 0.1) is 5.92 Å². The van der Waals surface area contributed by atoms with Crippen LogP contribution in [-0.2, 0) is 11.2 Å². The number of carbonyl (C=O) groups is 1. The van der Waals surface area contributed by atoms with Crippen molar-refractivity contribution in [2.45, 2.75) is 44.2 Å². The molecule has 1 aromatic carbocycles. The molecule has 0 spiro atoms. The van der Waals surface area contributed by atoms with E-state index in [-0.39, 0.29) is 12.0 Å². The number of fused-ring (bicyclic) bond motifs is 1. The summed E-state index contributed by atoms with van der Waals surface area (Å²) in [6, 6.07) is 8.47. The fourth-order valence-corrected chi connectivity index (χ4v) is 3.27. The molecule has 1 saturated carbocycles. The topological polar surface area (TPSA) is 58.6 Å². The van der Waals surface area contributed by atoms with Gasteiger partial charge in [0.1, 0.15) is 11.9 Å². The largest absolute Gasteiger partial charge is 0.488 e. The van der Waals surface area contributed by atoms with Crippen LogP contribution in [0, 0.1) is 5.92 Å². The lowest BCUT2D eigenvalue weighted by molar-refractivity contribution is -0.143. The molecule has 2 N–H and O–H groups in total. The van der Waals surface area contributed by atoms with Crippen LogP contribution in [0.3, 0.4) is 0 Å². The van der Waals surface area contributed by atoms with Crippen LogP contribution >= 0.6 is 0 Å². The normalized spacial score (nSPS) is 28.7. The minimum atomic E-state index is -0.652. The van der Waals surface area contributed by atoms with Crippen molar-refractivity contribution in [3.63, 3.8) is 0 Å². The van der Waals surface area contributed by atoms with E-state index in [2.05, 4.69) is 11.4 Å². The number of hydrogen-bond donors (Lipinski definition) is 2. The van der Waals surface area contributed by atoms with E-state index in [1.54, 1.807) is 0 Å². The summed E-state index contributed by atoms with van der Waals surface area (Å²) in [6.45, 7) is 0.797. The zero-order valence-electron chi connectivity index (χ0n) is 11.5. The van der Waals surface area contributed by atoms with Crippen molar-refractivity contribution >= 4 is 5.97 Å². The van der Waals surface area contributed by atoms with Crippen LogP contribution in [0.5, 0.6) is 5.75 Å². The van der Waals surface area contributed by atoms with E-state index >= 15 is 0 Å². The van der Waals surface area contributed by atoms with E-state index < -0.39 is 5.97 Å². The van der Waals surface area contributed by atoms with Gasteiger partial charge in [0.25, 0.3) is 0 Å². The summed E-state index contributed by atoms with van der Waals surface area (Å²) >= 11 is 0. The first kappa shape index (κ1) is 13.4. The summed E-state index contributed by atoms with van der Waals surface area (Å²) in [4.78, 5) is 11.1. The highest BCUT2D eigenvalue weighted by atomic mass is 16.5. The van der Waals surface area contributed by atoms with Crippen molar-refractivity contribution in [3.8, 4) is 5.75 Å². The Morgan fingerprint density at radius 3 is 3.00 bits per heavy atom. The molecule has 0 radical (unpaired) electrons. The first-order chi connectivity index (χ1) is 9.72. The van der Waals surface area contributed by atoms with Crippen molar-refractivity contribution in [1.29, 1.82) is 0 Å². The maximum absolute atomic E-state index is 11.1. The lowest BCUT2D eigenvalue weighted by Gasteiger charge is -2.28. The van der Waals surface area contributed by atoms with Crippen LogP contribution in [0.15, 0.2) is 24.3 Å². The molecule has 0 bridgehead atoms. The van der Waals surface area contributed by atoms with E-state index in [9.17, 15) is 4.79 Å². The fourth-order valence-electron chi connectivity index (χ4n) is 3.27. The predicted octanol–water partition coefficient (Wildman–Crippen LogP) is 2.22. The van der Waals surface area contributed by atoms with Gasteiger partial charge in [-0.05, 0) is 30.9 Å². The van der Waals surface area contributed by atoms with Gasteiger partial charge in [-0.15, -0.1) is 0 Å². The zero-order valence-corrected chi connectivity index (χ0v) is 11.5. The quantitative estimate of drug-likeness (QED) is 0.884. The number of para-hydroxylation sites is 1. The molecule has 3 unspecified atom stereocenters. The third-order valence-corrected chi connectivity index (χ3v) is 4.37. The summed E-state index contributed by atoms with van der Waals surface area (Å²) in [5, 5.41) is 12.6. The average molecular weight is 275 g/mol. The van der Waals surface area contributed by atoms with Crippen molar-refractivity contribution in [2.75, 3.05) is 6.54 Å². The number of benzene rings is 1. The van der Waals surface area contributed by atoms with Crippen LogP contribution < -0.4 is 10.1 Å². The number of hydrogen-bond acceptors (Lipinski definition) is 3. The van der Waals surface area contributed by atoms with Gasteiger partial charge in [0.2, 0.25) is 0 Å². The molecule has 0 amide bonds. The van der Waals surface area contributed by atoms with Crippen molar-refractivity contribution in [1.82, 2.24) is 5.32 Å². The molecule has 108 valence electrons. The fraction of sp³-hybridized carbons (Fsp3) is 0.562. The Balaban J connectivity index is 1.48. The molecule has 0 saturated heterocycles. The molecule has 3 atom stereocenters. The molecule has 4 heteroatoms. The molecular weight excluding hydrogens is 254 g/mol. The summed E-state index contributed by atoms with van der Waals surface area (Å²) in [5.74, 6) is 0.162. The third-order valence-electron chi connectivity index (χ3n) is 4.37. The number of carboxylic acids is 1. The Morgan fingerprint density at radius 2 is 2.20 bits per heavy atom. The van der Waals surface area contributed by atoms with Crippen LogP contribution in [0.2, 0.25) is 0 Å². The van der Waals surface area contributed by atoms with E-state index in [0.29, 0.717) is 6.04 Å². The maximum atomic E-state index is 11.1. The van der Waals surface area contributed by atoms with Gasteiger partial charge in [0.15, 0.2) is 0 Å².